The van der Waals surface area contributed by atoms with E-state index in [4.69, 9.17) is 9.84 Å². The summed E-state index contributed by atoms with van der Waals surface area (Å²) in [6.07, 6.45) is 0.0282. The minimum Gasteiger partial charge on any atom is -0.488 e. The zero-order valence-electron chi connectivity index (χ0n) is 8.74. The van der Waals surface area contributed by atoms with Gasteiger partial charge in [-0.25, -0.2) is 8.78 Å². The lowest BCUT2D eigenvalue weighted by molar-refractivity contribution is 0.112. The molecule has 0 aliphatic heterocycles. The second-order valence-corrected chi connectivity index (χ2v) is 3.42. The maximum atomic E-state index is 13.2. The Kier molecular flexibility index (Phi) is 4.37. The van der Waals surface area contributed by atoms with Gasteiger partial charge in [-0.15, -0.1) is 0 Å². The summed E-state index contributed by atoms with van der Waals surface area (Å²) in [6, 6.07) is 1.79. The van der Waals surface area contributed by atoms with Crippen LogP contribution in [0.2, 0.25) is 0 Å². The Bertz CT molecular complexity index is 354. The molecule has 1 rings (SSSR count). The van der Waals surface area contributed by atoms with E-state index in [-0.39, 0.29) is 18.6 Å². The summed E-state index contributed by atoms with van der Waals surface area (Å²) >= 11 is 0. The molecule has 0 spiro atoms. The number of aliphatic hydroxyl groups excluding tert-OH is 1. The van der Waals surface area contributed by atoms with Crippen molar-refractivity contribution < 1.29 is 23.4 Å². The van der Waals surface area contributed by atoms with Gasteiger partial charge in [-0.2, -0.15) is 0 Å². The molecule has 88 valence electrons. The number of ether oxygens (including phenoxy) is 1. The second kappa shape index (κ2) is 5.55. The molecule has 0 aliphatic carbocycles. The van der Waals surface area contributed by atoms with E-state index in [1.54, 1.807) is 6.92 Å². The molecule has 0 saturated carbocycles. The van der Waals surface area contributed by atoms with E-state index in [0.717, 1.165) is 12.1 Å². The molecule has 0 amide bonds. The Morgan fingerprint density at radius 1 is 1.44 bits per heavy atom. The highest BCUT2D eigenvalue weighted by molar-refractivity contribution is 5.75. The third kappa shape index (κ3) is 3.27. The number of aliphatic hydroxyl groups is 1. The van der Waals surface area contributed by atoms with Crippen LogP contribution in [0, 0.1) is 11.6 Å². The van der Waals surface area contributed by atoms with Gasteiger partial charge < -0.3 is 9.84 Å². The van der Waals surface area contributed by atoms with Crippen LogP contribution in [0.4, 0.5) is 8.78 Å². The number of benzene rings is 1. The van der Waals surface area contributed by atoms with Crippen LogP contribution in [0.3, 0.4) is 0 Å². The largest absolute Gasteiger partial charge is 0.488 e. The fourth-order valence-corrected chi connectivity index (χ4v) is 1.12. The van der Waals surface area contributed by atoms with E-state index in [1.165, 1.54) is 0 Å². The van der Waals surface area contributed by atoms with Crippen molar-refractivity contribution in [3.63, 3.8) is 0 Å². The van der Waals surface area contributed by atoms with Gasteiger partial charge >= 0.3 is 0 Å². The van der Waals surface area contributed by atoms with E-state index in [9.17, 15) is 13.6 Å². The molecule has 1 atom stereocenters. The van der Waals surface area contributed by atoms with Crippen molar-refractivity contribution in [1.82, 2.24) is 0 Å². The van der Waals surface area contributed by atoms with E-state index in [0.29, 0.717) is 6.29 Å². The summed E-state index contributed by atoms with van der Waals surface area (Å²) in [5.41, 5.74) is -0.0853. The van der Waals surface area contributed by atoms with Gasteiger partial charge in [-0.1, -0.05) is 0 Å². The van der Waals surface area contributed by atoms with E-state index in [2.05, 4.69) is 0 Å². The summed E-state index contributed by atoms with van der Waals surface area (Å²) in [4.78, 5) is 10.3. The maximum Gasteiger partial charge on any atom is 0.190 e. The van der Waals surface area contributed by atoms with Crippen molar-refractivity contribution in [2.45, 2.75) is 19.4 Å². The van der Waals surface area contributed by atoms with Crippen LogP contribution in [-0.2, 0) is 0 Å². The fourth-order valence-electron chi connectivity index (χ4n) is 1.12. The van der Waals surface area contributed by atoms with Crippen molar-refractivity contribution in [3.05, 3.63) is 29.3 Å². The number of carbonyl (C=O) groups excluding carboxylic acids is 1. The van der Waals surface area contributed by atoms with Crippen LogP contribution in [-0.4, -0.2) is 24.1 Å². The Labute approximate surface area is 91.7 Å². The summed E-state index contributed by atoms with van der Waals surface area (Å²) in [5.74, 6) is -2.37. The van der Waals surface area contributed by atoms with Gasteiger partial charge in [0.25, 0.3) is 0 Å². The molecular weight excluding hydrogens is 218 g/mol. The molecule has 0 heterocycles. The van der Waals surface area contributed by atoms with Crippen molar-refractivity contribution in [2.24, 2.45) is 0 Å². The van der Waals surface area contributed by atoms with Crippen LogP contribution in [0.5, 0.6) is 5.75 Å². The summed E-state index contributed by atoms with van der Waals surface area (Å²) in [5, 5.41) is 8.94. The van der Waals surface area contributed by atoms with Gasteiger partial charge in [0.15, 0.2) is 17.4 Å². The van der Waals surface area contributed by atoms with Crippen molar-refractivity contribution >= 4 is 6.29 Å². The molecule has 0 saturated heterocycles. The van der Waals surface area contributed by atoms with Crippen LogP contribution < -0.4 is 4.74 Å². The zero-order chi connectivity index (χ0) is 12.1. The summed E-state index contributed by atoms with van der Waals surface area (Å²) < 4.78 is 31.3. The molecule has 1 aromatic carbocycles. The first-order chi connectivity index (χ1) is 7.54. The third-order valence-corrected chi connectivity index (χ3v) is 1.94. The molecule has 5 heteroatoms. The highest BCUT2D eigenvalue weighted by Crippen LogP contribution is 2.22. The van der Waals surface area contributed by atoms with Crippen molar-refractivity contribution in [1.29, 1.82) is 0 Å². The first-order valence-electron chi connectivity index (χ1n) is 4.79. The Hall–Kier alpha value is -1.49. The number of hydrogen-bond acceptors (Lipinski definition) is 3. The predicted octanol–water partition coefficient (Wildman–Crippen LogP) is 1.93. The molecule has 0 fully saturated rings. The van der Waals surface area contributed by atoms with Gasteiger partial charge in [0.1, 0.15) is 6.29 Å². The molecule has 1 aromatic rings. The molecule has 1 N–H and O–H groups in total. The van der Waals surface area contributed by atoms with Gasteiger partial charge in [0.05, 0.1) is 12.7 Å². The predicted molar refractivity (Wildman–Crippen MR) is 53.5 cm³/mol. The van der Waals surface area contributed by atoms with E-state index < -0.39 is 23.5 Å². The average Bonchev–Trinajstić information content (AvgIpc) is 2.21. The number of hydrogen-bond donors (Lipinski definition) is 1. The number of aldehydes is 1. The first-order valence-corrected chi connectivity index (χ1v) is 4.79. The normalized spacial score (nSPS) is 12.2. The Morgan fingerprint density at radius 3 is 2.44 bits per heavy atom. The van der Waals surface area contributed by atoms with Gasteiger partial charge in [0, 0.05) is 12.0 Å². The number of halogens is 2. The smallest absolute Gasteiger partial charge is 0.190 e. The molecule has 0 radical (unpaired) electrons. The minimum atomic E-state index is -0.923. The highest BCUT2D eigenvalue weighted by Gasteiger charge is 2.12. The molecular formula is C11H12F2O3. The zero-order valence-corrected chi connectivity index (χ0v) is 8.74. The summed E-state index contributed by atoms with van der Waals surface area (Å²) in [6.45, 7) is 1.55. The Balaban J connectivity index is 2.76. The third-order valence-electron chi connectivity index (χ3n) is 1.94. The molecule has 0 aliphatic rings. The second-order valence-electron chi connectivity index (χ2n) is 3.42. The van der Waals surface area contributed by atoms with Crippen LogP contribution >= 0.6 is 0 Å². The lowest BCUT2D eigenvalue weighted by atomic mass is 10.2. The SMILES string of the molecule is CC(O)CCOc1c(F)cc(C=O)cc1F. The van der Waals surface area contributed by atoms with E-state index in [1.807, 2.05) is 0 Å². The quantitative estimate of drug-likeness (QED) is 0.786. The Morgan fingerprint density at radius 2 is 2.00 bits per heavy atom. The van der Waals surface area contributed by atoms with Crippen LogP contribution in [0.1, 0.15) is 23.7 Å². The molecule has 0 bridgehead atoms. The van der Waals surface area contributed by atoms with Gasteiger partial charge in [-0.05, 0) is 19.1 Å². The van der Waals surface area contributed by atoms with Gasteiger partial charge in [-0.3, -0.25) is 4.79 Å². The topological polar surface area (TPSA) is 46.5 Å². The van der Waals surface area contributed by atoms with Crippen molar-refractivity contribution in [3.8, 4) is 5.75 Å². The minimum absolute atomic E-state index is 0.00590. The number of carbonyl (C=O) groups is 1. The molecule has 0 aromatic heterocycles. The number of rotatable bonds is 5. The maximum absolute atomic E-state index is 13.2. The molecule has 1 unspecified atom stereocenters. The van der Waals surface area contributed by atoms with Crippen molar-refractivity contribution in [2.75, 3.05) is 6.61 Å². The van der Waals surface area contributed by atoms with Gasteiger partial charge in [0.2, 0.25) is 0 Å². The lowest BCUT2D eigenvalue weighted by Gasteiger charge is -2.09. The fraction of sp³-hybridized carbons (Fsp3) is 0.364. The highest BCUT2D eigenvalue weighted by atomic mass is 19.1. The van der Waals surface area contributed by atoms with E-state index >= 15 is 0 Å². The molecule has 16 heavy (non-hydrogen) atoms. The lowest BCUT2D eigenvalue weighted by Crippen LogP contribution is -2.09. The monoisotopic (exact) mass is 230 g/mol. The average molecular weight is 230 g/mol. The standard InChI is InChI=1S/C11H12F2O3/c1-7(15)2-3-16-11-9(12)4-8(6-14)5-10(11)13/h4-7,15H,2-3H2,1H3. The molecule has 3 nitrogen and oxygen atoms in total. The van der Waals surface area contributed by atoms with Crippen LogP contribution in [0.25, 0.3) is 0 Å². The first kappa shape index (κ1) is 12.6. The summed E-state index contributed by atoms with van der Waals surface area (Å²) in [7, 11) is 0. The van der Waals surface area contributed by atoms with Crippen LogP contribution in [0.15, 0.2) is 12.1 Å².